The van der Waals surface area contributed by atoms with Gasteiger partial charge in [-0.05, 0) is 6.42 Å². The van der Waals surface area contributed by atoms with Gasteiger partial charge in [0.2, 0.25) is 0 Å². The zero-order valence-electron chi connectivity index (χ0n) is 9.28. The van der Waals surface area contributed by atoms with Crippen molar-refractivity contribution in [1.29, 1.82) is 0 Å². The summed E-state index contributed by atoms with van der Waals surface area (Å²) in [5, 5.41) is 10.6. The van der Waals surface area contributed by atoms with Crippen LogP contribution in [-0.2, 0) is 11.3 Å². The summed E-state index contributed by atoms with van der Waals surface area (Å²) in [6, 6.07) is 0. The molecule has 1 fully saturated rings. The highest BCUT2D eigenvalue weighted by molar-refractivity contribution is 7.07. The second kappa shape index (κ2) is 4.51. The highest BCUT2D eigenvalue weighted by atomic mass is 32.1. The van der Waals surface area contributed by atoms with Crippen LogP contribution >= 0.6 is 11.3 Å². The molecular formula is C10H11F3N2O2S. The molecule has 0 aliphatic carbocycles. The van der Waals surface area contributed by atoms with Gasteiger partial charge in [0.1, 0.15) is 0 Å². The number of thiazole rings is 1. The van der Waals surface area contributed by atoms with Crippen LogP contribution in [0.25, 0.3) is 0 Å². The van der Waals surface area contributed by atoms with Crippen molar-refractivity contribution in [3.05, 3.63) is 16.6 Å². The first kappa shape index (κ1) is 13.3. The molecule has 1 aromatic heterocycles. The maximum Gasteiger partial charge on any atom is 0.406 e. The average Bonchev–Trinajstić information content (AvgIpc) is 2.86. The molecule has 1 unspecified atom stereocenters. The van der Waals surface area contributed by atoms with Crippen LogP contribution in [0.5, 0.6) is 0 Å². The van der Waals surface area contributed by atoms with E-state index in [4.69, 9.17) is 5.11 Å². The highest BCUT2D eigenvalue weighted by Gasteiger charge is 2.63. The molecule has 1 atom stereocenters. The second-order valence-electron chi connectivity index (χ2n) is 4.33. The summed E-state index contributed by atoms with van der Waals surface area (Å²) in [4.78, 5) is 16.4. The molecule has 100 valence electrons. The number of halogens is 3. The number of carboxylic acids is 1. The van der Waals surface area contributed by atoms with Crippen molar-refractivity contribution in [2.24, 2.45) is 5.41 Å². The first-order valence-electron chi connectivity index (χ1n) is 5.25. The molecule has 0 aromatic carbocycles. The summed E-state index contributed by atoms with van der Waals surface area (Å²) in [6.45, 7) is -0.138. The van der Waals surface area contributed by atoms with Gasteiger partial charge in [-0.25, -0.2) is 4.98 Å². The van der Waals surface area contributed by atoms with E-state index < -0.39 is 30.5 Å². The number of nitrogens with zero attached hydrogens (tertiary/aromatic N) is 2. The van der Waals surface area contributed by atoms with Gasteiger partial charge in [-0.2, -0.15) is 13.2 Å². The third kappa shape index (κ3) is 2.22. The number of carbonyl (C=O) groups is 1. The van der Waals surface area contributed by atoms with E-state index in [1.165, 1.54) is 16.2 Å². The molecule has 1 aromatic rings. The highest BCUT2D eigenvalue weighted by Crippen LogP contribution is 2.45. The molecule has 2 heterocycles. The zero-order chi connectivity index (χ0) is 13.4. The Kier molecular flexibility index (Phi) is 3.33. The third-order valence-electron chi connectivity index (χ3n) is 3.17. The molecule has 2 rings (SSSR count). The average molecular weight is 280 g/mol. The lowest BCUT2D eigenvalue weighted by Crippen LogP contribution is -2.47. The second-order valence-corrected chi connectivity index (χ2v) is 5.04. The fourth-order valence-electron chi connectivity index (χ4n) is 2.10. The minimum atomic E-state index is -4.73. The van der Waals surface area contributed by atoms with Gasteiger partial charge >= 0.3 is 12.1 Å². The van der Waals surface area contributed by atoms with Gasteiger partial charge in [0.15, 0.2) is 5.41 Å². The Morgan fingerprint density at radius 2 is 2.33 bits per heavy atom. The molecule has 1 N–H and O–H groups in total. The summed E-state index contributed by atoms with van der Waals surface area (Å²) in [5.74, 6) is -1.80. The SMILES string of the molecule is O=C(O)C1(C(F)(F)F)CCN(Cc2cscn2)C1. The fourth-order valence-corrected chi connectivity index (χ4v) is 2.65. The van der Waals surface area contributed by atoms with Crippen LogP contribution in [0.2, 0.25) is 0 Å². The predicted octanol–water partition coefficient (Wildman–Crippen LogP) is 1.98. The van der Waals surface area contributed by atoms with Gasteiger partial charge in [0.05, 0.1) is 11.2 Å². The fraction of sp³-hybridized carbons (Fsp3) is 0.600. The molecule has 18 heavy (non-hydrogen) atoms. The maximum absolute atomic E-state index is 12.9. The van der Waals surface area contributed by atoms with E-state index in [0.717, 1.165) is 0 Å². The standard InChI is InChI=1S/C10H11F3N2O2S/c11-10(12,13)9(8(16)17)1-2-15(5-9)3-7-4-18-6-14-7/h4,6H,1-3,5H2,(H,16,17). The molecule has 1 aliphatic rings. The Labute approximate surface area is 105 Å². The number of hydrogen-bond acceptors (Lipinski definition) is 4. The number of aromatic nitrogens is 1. The van der Waals surface area contributed by atoms with Crippen LogP contribution in [-0.4, -0.2) is 40.2 Å². The van der Waals surface area contributed by atoms with Crippen LogP contribution in [0.15, 0.2) is 10.9 Å². The van der Waals surface area contributed by atoms with Crippen LogP contribution < -0.4 is 0 Å². The minimum Gasteiger partial charge on any atom is -0.481 e. The lowest BCUT2D eigenvalue weighted by molar-refractivity contribution is -0.227. The van der Waals surface area contributed by atoms with Crippen molar-refractivity contribution >= 4 is 17.3 Å². The minimum absolute atomic E-state index is 0.114. The molecule has 0 saturated carbocycles. The van der Waals surface area contributed by atoms with Gasteiger partial charge in [0.25, 0.3) is 0 Å². The summed E-state index contributed by atoms with van der Waals surface area (Å²) < 4.78 is 38.7. The molecule has 8 heteroatoms. The Morgan fingerprint density at radius 3 is 2.78 bits per heavy atom. The van der Waals surface area contributed by atoms with E-state index >= 15 is 0 Å². The molecule has 0 amide bonds. The van der Waals surface area contributed by atoms with Crippen LogP contribution in [0, 0.1) is 5.41 Å². The lowest BCUT2D eigenvalue weighted by Gasteiger charge is -2.27. The van der Waals surface area contributed by atoms with Gasteiger partial charge in [0, 0.05) is 25.0 Å². The first-order chi connectivity index (χ1) is 8.35. The van der Waals surface area contributed by atoms with E-state index in [1.54, 1.807) is 10.9 Å². The van der Waals surface area contributed by atoms with E-state index in [2.05, 4.69) is 4.98 Å². The largest absolute Gasteiger partial charge is 0.481 e. The predicted molar refractivity (Wildman–Crippen MR) is 58.1 cm³/mol. The number of aliphatic carboxylic acids is 1. The van der Waals surface area contributed by atoms with Gasteiger partial charge in [-0.1, -0.05) is 0 Å². The van der Waals surface area contributed by atoms with E-state index in [0.29, 0.717) is 5.69 Å². The van der Waals surface area contributed by atoms with Crippen LogP contribution in [0.3, 0.4) is 0 Å². The molecule has 1 aliphatic heterocycles. The normalized spacial score (nSPS) is 25.5. The number of alkyl halides is 3. The maximum atomic E-state index is 12.9. The van der Waals surface area contributed by atoms with Crippen LogP contribution in [0.4, 0.5) is 13.2 Å². The molecular weight excluding hydrogens is 269 g/mol. The van der Waals surface area contributed by atoms with Gasteiger partial charge in [-0.3, -0.25) is 9.69 Å². The zero-order valence-corrected chi connectivity index (χ0v) is 10.1. The van der Waals surface area contributed by atoms with Crippen molar-refractivity contribution in [1.82, 2.24) is 9.88 Å². The molecule has 4 nitrogen and oxygen atoms in total. The third-order valence-corrected chi connectivity index (χ3v) is 3.80. The van der Waals surface area contributed by atoms with Crippen molar-refractivity contribution in [2.45, 2.75) is 19.1 Å². The summed E-state index contributed by atoms with van der Waals surface area (Å²) >= 11 is 1.36. The Morgan fingerprint density at radius 1 is 1.61 bits per heavy atom. The lowest BCUT2D eigenvalue weighted by atomic mass is 9.86. The summed E-state index contributed by atoms with van der Waals surface area (Å²) in [6.07, 6.45) is -5.13. The van der Waals surface area contributed by atoms with Crippen LogP contribution in [0.1, 0.15) is 12.1 Å². The number of rotatable bonds is 3. The molecule has 0 bridgehead atoms. The molecule has 0 radical (unpaired) electrons. The first-order valence-corrected chi connectivity index (χ1v) is 6.19. The smallest absolute Gasteiger partial charge is 0.406 e. The Hall–Kier alpha value is -1.15. The summed E-state index contributed by atoms with van der Waals surface area (Å²) in [5.41, 5.74) is -0.369. The Bertz CT molecular complexity index is 435. The van der Waals surface area contributed by atoms with E-state index in [1.807, 2.05) is 0 Å². The topological polar surface area (TPSA) is 53.4 Å². The number of likely N-dealkylation sites (tertiary alicyclic amines) is 1. The van der Waals surface area contributed by atoms with E-state index in [-0.39, 0.29) is 13.1 Å². The molecule has 0 spiro atoms. The molecule has 1 saturated heterocycles. The van der Waals surface area contributed by atoms with Gasteiger partial charge < -0.3 is 5.11 Å². The monoisotopic (exact) mass is 280 g/mol. The number of carboxylic acid groups (broad SMARTS) is 1. The van der Waals surface area contributed by atoms with Crippen molar-refractivity contribution in [2.75, 3.05) is 13.1 Å². The summed E-state index contributed by atoms with van der Waals surface area (Å²) in [7, 11) is 0. The quantitative estimate of drug-likeness (QED) is 0.920. The number of hydrogen-bond donors (Lipinski definition) is 1. The van der Waals surface area contributed by atoms with Crippen molar-refractivity contribution in [3.63, 3.8) is 0 Å². The van der Waals surface area contributed by atoms with Crippen molar-refractivity contribution < 1.29 is 23.1 Å². The van der Waals surface area contributed by atoms with E-state index in [9.17, 15) is 18.0 Å². The Balaban J connectivity index is 2.12. The van der Waals surface area contributed by atoms with Crippen molar-refractivity contribution in [3.8, 4) is 0 Å². The van der Waals surface area contributed by atoms with Gasteiger partial charge in [-0.15, -0.1) is 11.3 Å².